The number of rotatable bonds is 7. The van der Waals surface area contributed by atoms with E-state index in [1.54, 1.807) is 37.3 Å². The van der Waals surface area contributed by atoms with Crippen LogP contribution in [0.5, 0.6) is 11.5 Å². The van der Waals surface area contributed by atoms with E-state index in [2.05, 4.69) is 5.43 Å². The van der Waals surface area contributed by atoms with Crippen LogP contribution in [0.15, 0.2) is 109 Å². The van der Waals surface area contributed by atoms with Gasteiger partial charge in [0.15, 0.2) is 0 Å². The Bertz CT molecular complexity index is 2090. The summed E-state index contributed by atoms with van der Waals surface area (Å²) in [4.78, 5) is 59.6. The third-order valence-corrected chi connectivity index (χ3v) is 11.6. The molecule has 0 bridgehead atoms. The van der Waals surface area contributed by atoms with E-state index in [-0.39, 0.29) is 48.1 Å². The van der Waals surface area contributed by atoms with Crippen LogP contribution in [0.2, 0.25) is 0 Å². The highest BCUT2D eigenvalue weighted by Crippen LogP contribution is 2.64. The Morgan fingerprint density at radius 1 is 0.804 bits per heavy atom. The molecular weight excluding hydrogens is 642 g/mol. The molecule has 0 unspecified atom stereocenters. The van der Waals surface area contributed by atoms with Crippen molar-refractivity contribution < 1.29 is 29.4 Å². The van der Waals surface area contributed by atoms with Crippen LogP contribution in [0.1, 0.15) is 46.6 Å². The summed E-state index contributed by atoms with van der Waals surface area (Å²) in [6.45, 7) is 3.97. The molecule has 0 spiro atoms. The molecule has 4 aliphatic rings. The van der Waals surface area contributed by atoms with Gasteiger partial charge in [0.2, 0.25) is 11.8 Å². The molecule has 51 heavy (non-hydrogen) atoms. The van der Waals surface area contributed by atoms with Crippen molar-refractivity contribution in [2.45, 2.75) is 44.4 Å². The second kappa shape index (κ2) is 12.3. The molecule has 2 aliphatic heterocycles. The van der Waals surface area contributed by atoms with Gasteiger partial charge >= 0.3 is 0 Å². The van der Waals surface area contributed by atoms with Gasteiger partial charge in [-0.25, -0.2) is 0 Å². The van der Waals surface area contributed by atoms with Crippen LogP contribution in [-0.2, 0) is 31.0 Å². The van der Waals surface area contributed by atoms with Crippen LogP contribution >= 0.6 is 0 Å². The highest BCUT2D eigenvalue weighted by molar-refractivity contribution is 6.13. The smallest absolute Gasteiger partial charge is 0.260 e. The van der Waals surface area contributed by atoms with Crippen molar-refractivity contribution in [1.82, 2.24) is 9.91 Å². The SMILES string of the molecule is Cc1ccc(NN2C(=O)[C@@H]3C[C@@H]4C(=CC[C@@H]5C(=O)N(CCc6ccc(O)cc6)C(=O)[C@@H]54)[C@H](c4ccc(O)c(C)c4)[C@]3(c3ccccc3)C2=O)cc1. The number of fused-ring (bicyclic) bond motifs is 4. The lowest BCUT2D eigenvalue weighted by Crippen LogP contribution is -2.53. The molecule has 4 aromatic rings. The first-order chi connectivity index (χ1) is 24.6. The van der Waals surface area contributed by atoms with Gasteiger partial charge < -0.3 is 10.2 Å². The third kappa shape index (κ3) is 5.05. The number of hydrogen-bond donors (Lipinski definition) is 3. The quantitative estimate of drug-likeness (QED) is 0.163. The summed E-state index contributed by atoms with van der Waals surface area (Å²) in [5.74, 6) is -4.17. The van der Waals surface area contributed by atoms with E-state index in [1.807, 2.05) is 79.7 Å². The second-order valence-corrected chi connectivity index (χ2v) is 14.4. The molecule has 0 radical (unpaired) electrons. The van der Waals surface area contributed by atoms with E-state index in [1.165, 1.54) is 4.90 Å². The molecule has 2 aliphatic carbocycles. The summed E-state index contributed by atoms with van der Waals surface area (Å²) < 4.78 is 0. The highest BCUT2D eigenvalue weighted by Gasteiger charge is 2.70. The Hall–Kier alpha value is -5.70. The number of hydrogen-bond acceptors (Lipinski definition) is 7. The van der Waals surface area contributed by atoms with Crippen LogP contribution < -0.4 is 5.43 Å². The van der Waals surface area contributed by atoms with Crippen LogP contribution in [-0.4, -0.2) is 50.3 Å². The van der Waals surface area contributed by atoms with E-state index in [4.69, 9.17) is 0 Å². The fourth-order valence-electron chi connectivity index (χ4n) is 9.17. The van der Waals surface area contributed by atoms with Gasteiger partial charge in [0, 0.05) is 12.5 Å². The highest BCUT2D eigenvalue weighted by atomic mass is 16.3. The van der Waals surface area contributed by atoms with Gasteiger partial charge in [-0.1, -0.05) is 83.9 Å². The molecule has 9 heteroatoms. The van der Waals surface area contributed by atoms with E-state index in [0.717, 1.165) is 27.3 Å². The summed E-state index contributed by atoms with van der Waals surface area (Å²) in [5, 5.41) is 21.4. The van der Waals surface area contributed by atoms with Gasteiger partial charge in [-0.3, -0.25) is 29.5 Å². The maximum Gasteiger partial charge on any atom is 0.260 e. The molecule has 6 atom stereocenters. The number of phenolic OH excluding ortho intramolecular Hbond substituents is 2. The third-order valence-electron chi connectivity index (χ3n) is 11.6. The van der Waals surface area contributed by atoms with E-state index < -0.39 is 35.0 Å². The predicted molar refractivity (Wildman–Crippen MR) is 190 cm³/mol. The molecule has 2 heterocycles. The number of carbonyl (C=O) groups excluding carboxylic acids is 4. The molecule has 2 saturated heterocycles. The van der Waals surface area contributed by atoms with Crippen LogP contribution in [0.3, 0.4) is 0 Å². The Morgan fingerprint density at radius 3 is 2.24 bits per heavy atom. The first-order valence-electron chi connectivity index (χ1n) is 17.5. The number of phenols is 2. The minimum Gasteiger partial charge on any atom is -0.508 e. The number of amides is 4. The number of carbonyl (C=O) groups is 4. The standard InChI is InChI=1S/C42H39N3O6/c1-24-8-13-29(14-9-24)43-45-39(49)34-23-33-31(17-18-32-36(33)40(50)44(38(32)48)21-20-26-10-15-30(46)16-11-26)37(27-12-19-35(47)25(2)22-27)42(34,41(45)51)28-6-4-3-5-7-28/h3-17,19,22,32-34,36-37,43,46-47H,18,20-21,23H2,1-2H3/t32-,33+,34-,36-,37-,42+/m0/s1. The predicted octanol–water partition coefficient (Wildman–Crippen LogP) is 5.94. The molecule has 258 valence electrons. The molecule has 0 aromatic heterocycles. The first kappa shape index (κ1) is 32.5. The van der Waals surface area contributed by atoms with Crippen molar-refractivity contribution in [3.05, 3.63) is 137 Å². The maximum atomic E-state index is 15.2. The Kier molecular flexibility index (Phi) is 7.81. The van der Waals surface area contributed by atoms with Crippen LogP contribution in [0.4, 0.5) is 5.69 Å². The Labute approximate surface area is 296 Å². The minimum absolute atomic E-state index is 0.117. The molecule has 1 saturated carbocycles. The maximum absolute atomic E-state index is 15.2. The summed E-state index contributed by atoms with van der Waals surface area (Å²) in [6.07, 6.45) is 3.05. The number of benzene rings is 4. The van der Waals surface area contributed by atoms with Crippen molar-refractivity contribution >= 4 is 29.3 Å². The number of likely N-dealkylation sites (tertiary alicyclic amines) is 1. The van der Waals surface area contributed by atoms with Gasteiger partial charge in [0.05, 0.1) is 28.9 Å². The number of imide groups is 2. The van der Waals surface area contributed by atoms with Crippen molar-refractivity contribution in [3.8, 4) is 11.5 Å². The van der Waals surface area contributed by atoms with Crippen molar-refractivity contribution in [2.75, 3.05) is 12.0 Å². The average Bonchev–Trinajstić information content (AvgIpc) is 3.51. The number of hydrazine groups is 1. The number of nitrogens with zero attached hydrogens (tertiary/aromatic N) is 2. The second-order valence-electron chi connectivity index (χ2n) is 14.4. The van der Waals surface area contributed by atoms with Gasteiger partial charge in [0.1, 0.15) is 11.5 Å². The molecule has 8 rings (SSSR count). The molecule has 4 aromatic carbocycles. The number of aromatic hydroxyl groups is 2. The number of anilines is 1. The zero-order chi connectivity index (χ0) is 35.6. The molecule has 9 nitrogen and oxygen atoms in total. The summed E-state index contributed by atoms with van der Waals surface area (Å²) in [6, 6.07) is 28.9. The summed E-state index contributed by atoms with van der Waals surface area (Å²) >= 11 is 0. The Balaban J connectivity index is 1.25. The van der Waals surface area contributed by atoms with E-state index >= 15 is 4.79 Å². The van der Waals surface area contributed by atoms with Crippen molar-refractivity contribution in [2.24, 2.45) is 23.7 Å². The van der Waals surface area contributed by atoms with Crippen LogP contribution in [0.25, 0.3) is 0 Å². The molecular formula is C42H39N3O6. The van der Waals surface area contributed by atoms with E-state index in [9.17, 15) is 24.6 Å². The number of allylic oxidation sites excluding steroid dienone is 2. The van der Waals surface area contributed by atoms with Gasteiger partial charge in [0.25, 0.3) is 11.8 Å². The van der Waals surface area contributed by atoms with Crippen LogP contribution in [0, 0.1) is 37.5 Å². The molecule has 3 N–H and O–H groups in total. The van der Waals surface area contributed by atoms with Gasteiger partial charge in [-0.15, -0.1) is 0 Å². The van der Waals surface area contributed by atoms with Gasteiger partial charge in [-0.05, 0) is 91.6 Å². The zero-order valence-corrected chi connectivity index (χ0v) is 28.5. The first-order valence-corrected chi connectivity index (χ1v) is 17.5. The number of nitrogens with one attached hydrogen (secondary N) is 1. The Morgan fingerprint density at radius 2 is 1.53 bits per heavy atom. The van der Waals surface area contributed by atoms with E-state index in [0.29, 0.717) is 29.7 Å². The monoisotopic (exact) mass is 681 g/mol. The zero-order valence-electron chi connectivity index (χ0n) is 28.5. The van der Waals surface area contributed by atoms with Crippen molar-refractivity contribution in [3.63, 3.8) is 0 Å². The molecule has 4 amide bonds. The fourth-order valence-corrected chi connectivity index (χ4v) is 9.17. The lowest BCUT2D eigenvalue weighted by atomic mass is 9.49. The van der Waals surface area contributed by atoms with Gasteiger partial charge in [-0.2, -0.15) is 5.01 Å². The average molecular weight is 682 g/mol. The normalized spacial score (nSPS) is 26.9. The lowest BCUT2D eigenvalue weighted by Gasteiger charge is -2.50. The molecule has 3 fully saturated rings. The fraction of sp³-hybridized carbons (Fsp3) is 0.286. The minimum atomic E-state index is -1.36. The summed E-state index contributed by atoms with van der Waals surface area (Å²) in [5.41, 5.74) is 7.25. The van der Waals surface area contributed by atoms with Crippen molar-refractivity contribution in [1.29, 1.82) is 0 Å². The lowest BCUT2D eigenvalue weighted by molar-refractivity contribution is -0.141. The largest absolute Gasteiger partial charge is 0.508 e. The number of aryl methyl sites for hydroxylation is 2. The topological polar surface area (TPSA) is 127 Å². The summed E-state index contributed by atoms with van der Waals surface area (Å²) in [7, 11) is 0.